The van der Waals surface area contributed by atoms with Crippen molar-refractivity contribution in [1.82, 2.24) is 0 Å². The van der Waals surface area contributed by atoms with E-state index in [1.54, 1.807) is 0 Å². The average molecular weight is 314 g/mol. The van der Waals surface area contributed by atoms with Gasteiger partial charge in [-0.3, -0.25) is 0 Å². The summed E-state index contributed by atoms with van der Waals surface area (Å²) in [6.45, 7) is 8.70. The van der Waals surface area contributed by atoms with Crippen molar-refractivity contribution in [2.45, 2.75) is 77.9 Å². The Morgan fingerprint density at radius 1 is 1.19 bits per heavy atom. The minimum Gasteiger partial charge on any atom is -0.229 e. The molecule has 0 spiro atoms. The Labute approximate surface area is 131 Å². The van der Waals surface area contributed by atoms with Crippen LogP contribution in [0.2, 0.25) is 0 Å². The third-order valence-corrected chi connectivity index (χ3v) is 7.77. The van der Waals surface area contributed by atoms with Gasteiger partial charge >= 0.3 is 0 Å². The zero-order valence-electron chi connectivity index (χ0n) is 14.1. The van der Waals surface area contributed by atoms with E-state index >= 15 is 0 Å². The Morgan fingerprint density at radius 2 is 1.86 bits per heavy atom. The summed E-state index contributed by atoms with van der Waals surface area (Å²) in [7, 11) is -3.14. The fraction of sp³-hybridized carbons (Fsp3) is 0.941. The predicted molar refractivity (Wildman–Crippen MR) is 87.6 cm³/mol. The van der Waals surface area contributed by atoms with Crippen LogP contribution in [0, 0.1) is 28.6 Å². The molecule has 0 bridgehead atoms. The van der Waals surface area contributed by atoms with Crippen LogP contribution in [0.15, 0.2) is 0 Å². The monoisotopic (exact) mass is 313 g/mol. The number of nitriles is 1. The van der Waals surface area contributed by atoms with Crippen LogP contribution in [0.5, 0.6) is 0 Å². The lowest BCUT2D eigenvalue weighted by atomic mass is 9.67. The second kappa shape index (κ2) is 7.63. The van der Waals surface area contributed by atoms with Crippen molar-refractivity contribution in [3.05, 3.63) is 0 Å². The lowest BCUT2D eigenvalue weighted by Crippen LogP contribution is -2.40. The number of hydrogen-bond donors (Lipinski definition) is 0. The minimum atomic E-state index is -3.14. The maximum atomic E-state index is 12.6. The van der Waals surface area contributed by atoms with E-state index < -0.39 is 15.1 Å². The number of rotatable bonds is 7. The molecule has 1 aliphatic rings. The van der Waals surface area contributed by atoms with Crippen molar-refractivity contribution >= 4 is 9.84 Å². The van der Waals surface area contributed by atoms with Gasteiger partial charge in [0.1, 0.15) is 0 Å². The third-order valence-electron chi connectivity index (χ3n) is 5.47. The molecule has 0 radical (unpaired) electrons. The maximum Gasteiger partial charge on any atom is 0.154 e. The fourth-order valence-corrected chi connectivity index (χ4v) is 5.51. The Hall–Kier alpha value is -0.560. The molecule has 0 N–H and O–H groups in total. The molecule has 0 aromatic heterocycles. The molecule has 21 heavy (non-hydrogen) atoms. The quantitative estimate of drug-likeness (QED) is 0.657. The van der Waals surface area contributed by atoms with Crippen LogP contribution in [-0.2, 0) is 9.84 Å². The highest BCUT2D eigenvalue weighted by atomic mass is 32.2. The van der Waals surface area contributed by atoms with Gasteiger partial charge in [-0.2, -0.15) is 5.26 Å². The van der Waals surface area contributed by atoms with Crippen molar-refractivity contribution in [3.8, 4) is 6.07 Å². The number of sulfone groups is 1. The van der Waals surface area contributed by atoms with Crippen LogP contribution in [0.25, 0.3) is 0 Å². The minimum absolute atomic E-state index is 0.164. The summed E-state index contributed by atoms with van der Waals surface area (Å²) >= 11 is 0. The Kier molecular flexibility index (Phi) is 6.71. The van der Waals surface area contributed by atoms with E-state index in [-0.39, 0.29) is 17.1 Å². The van der Waals surface area contributed by atoms with Crippen LogP contribution < -0.4 is 0 Å². The van der Waals surface area contributed by atoms with Crippen LogP contribution in [-0.4, -0.2) is 19.4 Å². The van der Waals surface area contributed by atoms with Gasteiger partial charge in [-0.15, -0.1) is 0 Å². The molecule has 0 heterocycles. The number of unbranched alkanes of at least 4 members (excludes halogenated alkanes) is 2. The van der Waals surface area contributed by atoms with Gasteiger partial charge in [0.15, 0.2) is 9.84 Å². The standard InChI is InChI=1S/C17H31NO2S/c1-5-7-8-11-21(19,20)16-12-15(17(3,4)6-2)10-9-14(16)13-18/h14-16H,5-12H2,1-4H3. The summed E-state index contributed by atoms with van der Waals surface area (Å²) in [5, 5.41) is 8.89. The highest BCUT2D eigenvalue weighted by molar-refractivity contribution is 7.92. The van der Waals surface area contributed by atoms with Crippen molar-refractivity contribution in [3.63, 3.8) is 0 Å². The van der Waals surface area contributed by atoms with Crippen LogP contribution in [0.1, 0.15) is 72.6 Å². The smallest absolute Gasteiger partial charge is 0.154 e. The highest BCUT2D eigenvalue weighted by Gasteiger charge is 2.42. The molecular formula is C17H31NO2S. The van der Waals surface area contributed by atoms with Gasteiger partial charge in [0.25, 0.3) is 0 Å². The molecule has 1 saturated carbocycles. The highest BCUT2D eigenvalue weighted by Crippen LogP contribution is 2.44. The summed E-state index contributed by atoms with van der Waals surface area (Å²) in [4.78, 5) is 0. The molecule has 3 unspecified atom stereocenters. The Morgan fingerprint density at radius 3 is 2.38 bits per heavy atom. The average Bonchev–Trinajstić information content (AvgIpc) is 2.46. The van der Waals surface area contributed by atoms with Gasteiger partial charge in [0.2, 0.25) is 0 Å². The van der Waals surface area contributed by atoms with Crippen LogP contribution in [0.3, 0.4) is 0 Å². The van der Waals surface area contributed by atoms with E-state index in [0.29, 0.717) is 12.3 Å². The molecule has 0 aromatic rings. The van der Waals surface area contributed by atoms with E-state index in [2.05, 4.69) is 33.8 Å². The second-order valence-corrected chi connectivity index (χ2v) is 9.54. The first-order chi connectivity index (χ1) is 9.78. The molecule has 3 nitrogen and oxygen atoms in total. The fourth-order valence-electron chi connectivity index (χ4n) is 3.38. The molecular weight excluding hydrogens is 282 g/mol. The summed E-state index contributed by atoms with van der Waals surface area (Å²) in [6, 6.07) is 2.26. The number of hydrogen-bond acceptors (Lipinski definition) is 3. The van der Waals surface area contributed by atoms with E-state index in [1.165, 1.54) is 0 Å². The van der Waals surface area contributed by atoms with Crippen LogP contribution in [0.4, 0.5) is 0 Å². The van der Waals surface area contributed by atoms with Gasteiger partial charge < -0.3 is 0 Å². The normalized spacial score (nSPS) is 27.3. The molecule has 122 valence electrons. The molecule has 0 amide bonds. The molecule has 1 rings (SSSR count). The molecule has 3 atom stereocenters. The lowest BCUT2D eigenvalue weighted by molar-refractivity contribution is 0.142. The van der Waals surface area contributed by atoms with Gasteiger partial charge in [0.05, 0.1) is 23.0 Å². The molecule has 0 aliphatic heterocycles. The van der Waals surface area contributed by atoms with Crippen molar-refractivity contribution in [2.75, 3.05) is 5.75 Å². The van der Waals surface area contributed by atoms with Gasteiger partial charge in [-0.25, -0.2) is 8.42 Å². The van der Waals surface area contributed by atoms with E-state index in [1.807, 2.05) is 0 Å². The van der Waals surface area contributed by atoms with Gasteiger partial charge in [0, 0.05) is 0 Å². The van der Waals surface area contributed by atoms with E-state index in [4.69, 9.17) is 0 Å². The maximum absolute atomic E-state index is 12.6. The predicted octanol–water partition coefficient (Wildman–Crippen LogP) is 4.34. The summed E-state index contributed by atoms with van der Waals surface area (Å²) < 4.78 is 25.3. The summed E-state index contributed by atoms with van der Waals surface area (Å²) in [5.41, 5.74) is 0.164. The second-order valence-electron chi connectivity index (χ2n) is 7.20. The van der Waals surface area contributed by atoms with E-state index in [0.717, 1.165) is 38.5 Å². The van der Waals surface area contributed by atoms with Crippen molar-refractivity contribution in [2.24, 2.45) is 17.3 Å². The zero-order valence-corrected chi connectivity index (χ0v) is 14.9. The summed E-state index contributed by atoms with van der Waals surface area (Å²) in [6.07, 6.45) is 6.16. The number of nitrogens with zero attached hydrogens (tertiary/aromatic N) is 1. The molecule has 0 saturated heterocycles. The lowest BCUT2D eigenvalue weighted by Gasteiger charge is -2.41. The molecule has 0 aromatic carbocycles. The molecule has 4 heteroatoms. The summed E-state index contributed by atoms with van der Waals surface area (Å²) in [5.74, 6) is 0.363. The first-order valence-corrected chi connectivity index (χ1v) is 10.1. The largest absolute Gasteiger partial charge is 0.229 e. The van der Waals surface area contributed by atoms with Crippen LogP contribution >= 0.6 is 0 Å². The first kappa shape index (κ1) is 18.5. The SMILES string of the molecule is CCCCCS(=O)(=O)C1CC(C(C)(C)CC)CCC1C#N. The molecule has 1 aliphatic carbocycles. The molecule has 1 fully saturated rings. The zero-order chi connectivity index (χ0) is 16.1. The van der Waals surface area contributed by atoms with Gasteiger partial charge in [-0.1, -0.05) is 47.0 Å². The third kappa shape index (κ3) is 4.71. The van der Waals surface area contributed by atoms with Crippen molar-refractivity contribution < 1.29 is 8.42 Å². The van der Waals surface area contributed by atoms with Gasteiger partial charge in [-0.05, 0) is 37.0 Å². The van der Waals surface area contributed by atoms with Crippen molar-refractivity contribution in [1.29, 1.82) is 5.26 Å². The van der Waals surface area contributed by atoms with E-state index in [9.17, 15) is 13.7 Å². The Bertz CT molecular complexity index is 462. The first-order valence-electron chi connectivity index (χ1n) is 8.39. The Balaban J connectivity index is 2.87. The topological polar surface area (TPSA) is 57.9 Å².